The highest BCUT2D eigenvalue weighted by Gasteiger charge is 2.62. The predicted octanol–water partition coefficient (Wildman–Crippen LogP) is 5.09. The van der Waals surface area contributed by atoms with Crippen molar-refractivity contribution >= 4 is 12.0 Å². The lowest BCUT2D eigenvalue weighted by Crippen LogP contribution is -2.53. The first-order valence-electron chi connectivity index (χ1n) is 7.64. The number of hydrogen-bond acceptors (Lipinski definition) is 2. The fourth-order valence-electron chi connectivity index (χ4n) is 2.33. The Morgan fingerprint density at radius 1 is 1.08 bits per heavy atom. The summed E-state index contributed by atoms with van der Waals surface area (Å²) in [7, 11) is 0.500. The molecule has 0 aromatic heterocycles. The van der Waals surface area contributed by atoms with Gasteiger partial charge in [-0.2, -0.15) is 8.78 Å². The lowest BCUT2D eigenvalue weighted by molar-refractivity contribution is -0.231. The van der Waals surface area contributed by atoms with E-state index < -0.39 is 29.5 Å². The molecule has 0 radical (unpaired) electrons. The van der Waals surface area contributed by atoms with Crippen LogP contribution in [-0.2, 0) is 10.2 Å². The molecule has 1 heterocycles. The van der Waals surface area contributed by atoms with Crippen molar-refractivity contribution < 1.29 is 36.6 Å². The van der Waals surface area contributed by atoms with Gasteiger partial charge >= 0.3 is 17.8 Å². The Morgan fingerprint density at radius 3 is 2.04 bits per heavy atom. The van der Waals surface area contributed by atoms with Gasteiger partial charge < -0.3 is 9.84 Å². The standard InChI is InChI=1S/C17H18F4O3.CH3F/c1-15(2,3)10-6-5-9-7-11(14(22)23)13(24-12(9)8-10)17(20,21)16(4,18)19;1-2/h5-8,13H,1-4H3,(H,22,23);1H3. The first kappa shape index (κ1) is 21.9. The van der Waals surface area contributed by atoms with E-state index >= 15 is 0 Å². The van der Waals surface area contributed by atoms with Crippen LogP contribution in [0.2, 0.25) is 0 Å². The van der Waals surface area contributed by atoms with Crippen molar-refractivity contribution in [2.24, 2.45) is 0 Å². The van der Waals surface area contributed by atoms with Gasteiger partial charge in [0.25, 0.3) is 0 Å². The van der Waals surface area contributed by atoms with Crippen LogP contribution < -0.4 is 4.74 Å². The third-order valence-corrected chi connectivity index (χ3v) is 3.88. The van der Waals surface area contributed by atoms with Gasteiger partial charge in [-0.3, -0.25) is 4.39 Å². The van der Waals surface area contributed by atoms with Crippen molar-refractivity contribution in [1.82, 2.24) is 0 Å². The fraction of sp³-hybridized carbons (Fsp3) is 0.500. The summed E-state index contributed by atoms with van der Waals surface area (Å²) in [6.07, 6.45) is -1.62. The van der Waals surface area contributed by atoms with Crippen LogP contribution in [0.1, 0.15) is 38.8 Å². The highest BCUT2D eigenvalue weighted by molar-refractivity contribution is 5.95. The number of rotatable bonds is 3. The molecule has 1 atom stereocenters. The number of ether oxygens (including phenoxy) is 1. The van der Waals surface area contributed by atoms with E-state index in [1.54, 1.807) is 6.07 Å². The van der Waals surface area contributed by atoms with E-state index in [9.17, 15) is 26.7 Å². The molecule has 1 aromatic rings. The quantitative estimate of drug-likeness (QED) is 0.743. The van der Waals surface area contributed by atoms with Crippen LogP contribution in [0.15, 0.2) is 23.8 Å². The van der Waals surface area contributed by atoms with Gasteiger partial charge in [0.1, 0.15) is 5.75 Å². The molecular weight excluding hydrogens is 359 g/mol. The van der Waals surface area contributed by atoms with E-state index in [1.165, 1.54) is 12.1 Å². The number of alkyl halides is 5. The van der Waals surface area contributed by atoms with Gasteiger partial charge in [-0.05, 0) is 23.1 Å². The SMILES string of the molecule is CC(C)(C)c1ccc2c(c1)OC(C(F)(F)C(C)(F)F)C(C(=O)O)=C2.CF. The van der Waals surface area contributed by atoms with Gasteiger partial charge in [0.15, 0.2) is 0 Å². The monoisotopic (exact) mass is 380 g/mol. The molecular formula is C18H21F5O3. The van der Waals surface area contributed by atoms with Crippen molar-refractivity contribution in [3.05, 3.63) is 34.9 Å². The minimum Gasteiger partial charge on any atom is -0.478 e. The van der Waals surface area contributed by atoms with Crippen LogP contribution in [0.5, 0.6) is 5.75 Å². The number of aliphatic carboxylic acids is 1. The van der Waals surface area contributed by atoms with Crippen molar-refractivity contribution in [3.8, 4) is 5.75 Å². The summed E-state index contributed by atoms with van der Waals surface area (Å²) in [5.41, 5.74) is -0.217. The molecule has 1 N–H and O–H groups in total. The van der Waals surface area contributed by atoms with Gasteiger partial charge in [0.05, 0.1) is 12.8 Å². The Morgan fingerprint density at radius 2 is 1.62 bits per heavy atom. The molecule has 1 unspecified atom stereocenters. The predicted molar refractivity (Wildman–Crippen MR) is 87.8 cm³/mol. The molecule has 0 saturated heterocycles. The van der Waals surface area contributed by atoms with Crippen molar-refractivity contribution in [2.75, 3.05) is 7.18 Å². The van der Waals surface area contributed by atoms with Crippen LogP contribution in [0.3, 0.4) is 0 Å². The molecule has 3 nitrogen and oxygen atoms in total. The molecule has 0 saturated carbocycles. The smallest absolute Gasteiger partial charge is 0.350 e. The van der Waals surface area contributed by atoms with E-state index in [0.29, 0.717) is 7.18 Å². The minimum absolute atomic E-state index is 0.0386. The molecule has 0 fully saturated rings. The zero-order valence-corrected chi connectivity index (χ0v) is 15.0. The number of benzene rings is 1. The average molecular weight is 380 g/mol. The maximum Gasteiger partial charge on any atom is 0.350 e. The summed E-state index contributed by atoms with van der Waals surface area (Å²) in [6.45, 7) is 5.71. The maximum absolute atomic E-state index is 14.1. The Kier molecular flexibility index (Phi) is 6.11. The zero-order valence-electron chi connectivity index (χ0n) is 15.0. The number of halogens is 5. The highest BCUT2D eigenvalue weighted by atomic mass is 19.3. The van der Waals surface area contributed by atoms with Crippen molar-refractivity contribution in [2.45, 2.75) is 51.1 Å². The number of carboxylic acids is 1. The summed E-state index contributed by atoms with van der Waals surface area (Å²) in [6, 6.07) is 4.71. The molecule has 26 heavy (non-hydrogen) atoms. The Labute approximate surface area is 148 Å². The summed E-state index contributed by atoms with van der Waals surface area (Å²) < 4.78 is 69.3. The molecule has 0 aliphatic carbocycles. The first-order chi connectivity index (χ1) is 11.7. The summed E-state index contributed by atoms with van der Waals surface area (Å²) in [5, 5.41) is 9.12. The molecule has 1 aliphatic rings. The molecule has 0 spiro atoms. The first-order valence-corrected chi connectivity index (χ1v) is 7.64. The van der Waals surface area contributed by atoms with Gasteiger partial charge in [-0.25, -0.2) is 13.6 Å². The molecule has 1 aromatic carbocycles. The summed E-state index contributed by atoms with van der Waals surface area (Å²) in [4.78, 5) is 11.2. The van der Waals surface area contributed by atoms with Crippen LogP contribution in [0.4, 0.5) is 22.0 Å². The van der Waals surface area contributed by atoms with E-state index in [1.807, 2.05) is 20.8 Å². The van der Waals surface area contributed by atoms with Crippen molar-refractivity contribution in [1.29, 1.82) is 0 Å². The van der Waals surface area contributed by atoms with E-state index in [-0.39, 0.29) is 23.7 Å². The highest BCUT2D eigenvalue weighted by Crippen LogP contribution is 2.44. The maximum atomic E-state index is 14.1. The lowest BCUT2D eigenvalue weighted by atomic mass is 9.85. The van der Waals surface area contributed by atoms with E-state index in [4.69, 9.17) is 9.84 Å². The molecule has 0 bridgehead atoms. The van der Waals surface area contributed by atoms with Gasteiger partial charge in [-0.1, -0.05) is 32.9 Å². The Balaban J connectivity index is 0.00000163. The number of carboxylic acid groups (broad SMARTS) is 1. The van der Waals surface area contributed by atoms with Crippen LogP contribution in [0.25, 0.3) is 6.08 Å². The number of hydrogen-bond donors (Lipinski definition) is 1. The molecule has 0 amide bonds. The van der Waals surface area contributed by atoms with Crippen LogP contribution >= 0.6 is 0 Å². The normalized spacial score (nSPS) is 17.3. The average Bonchev–Trinajstić information content (AvgIpc) is 2.52. The lowest BCUT2D eigenvalue weighted by Gasteiger charge is -2.34. The Hall–Kier alpha value is -2.12. The number of carbonyl (C=O) groups is 1. The van der Waals surface area contributed by atoms with Gasteiger partial charge in [-0.15, -0.1) is 0 Å². The second-order valence-corrected chi connectivity index (χ2v) is 6.92. The Bertz CT molecular complexity index is 700. The molecule has 8 heteroatoms. The van der Waals surface area contributed by atoms with Gasteiger partial charge in [0.2, 0.25) is 6.10 Å². The largest absolute Gasteiger partial charge is 0.478 e. The van der Waals surface area contributed by atoms with Crippen LogP contribution in [-0.4, -0.2) is 36.2 Å². The van der Waals surface area contributed by atoms with E-state index in [0.717, 1.165) is 11.6 Å². The van der Waals surface area contributed by atoms with Crippen LogP contribution in [0, 0.1) is 0 Å². The van der Waals surface area contributed by atoms with Gasteiger partial charge in [0, 0.05) is 12.5 Å². The minimum atomic E-state index is -4.67. The third kappa shape index (κ3) is 4.16. The molecule has 146 valence electrons. The van der Waals surface area contributed by atoms with Crippen molar-refractivity contribution in [3.63, 3.8) is 0 Å². The zero-order chi connectivity index (χ0) is 20.5. The molecule has 2 rings (SSSR count). The van der Waals surface area contributed by atoms with E-state index in [2.05, 4.69) is 0 Å². The summed E-state index contributed by atoms with van der Waals surface area (Å²) >= 11 is 0. The second kappa shape index (κ2) is 7.25. The topological polar surface area (TPSA) is 46.5 Å². The second-order valence-electron chi connectivity index (χ2n) is 6.92. The third-order valence-electron chi connectivity index (χ3n) is 3.88. The fourth-order valence-corrected chi connectivity index (χ4v) is 2.33. The molecule has 1 aliphatic heterocycles. The number of fused-ring (bicyclic) bond motifs is 1. The summed E-state index contributed by atoms with van der Waals surface area (Å²) in [5.74, 6) is -10.9.